The number of rotatable bonds is 4. The van der Waals surface area contributed by atoms with Crippen LogP contribution in [0.2, 0.25) is 0 Å². The molecule has 120 valence electrons. The van der Waals surface area contributed by atoms with E-state index in [0.29, 0.717) is 18.8 Å². The molecular weight excluding hydrogens is 298 g/mol. The zero-order chi connectivity index (χ0) is 16.4. The molecule has 1 amide bonds. The maximum absolute atomic E-state index is 12.5. The summed E-state index contributed by atoms with van der Waals surface area (Å²) >= 11 is 0. The lowest BCUT2D eigenvalue weighted by Crippen LogP contribution is -2.36. The molecule has 23 heavy (non-hydrogen) atoms. The van der Waals surface area contributed by atoms with Gasteiger partial charge in [-0.15, -0.1) is 10.2 Å². The molecule has 3 rings (SSSR count). The molecule has 0 unspecified atom stereocenters. The van der Waals surface area contributed by atoms with Gasteiger partial charge in [0.15, 0.2) is 0 Å². The van der Waals surface area contributed by atoms with Crippen LogP contribution in [0, 0.1) is 5.92 Å². The molecule has 1 fully saturated rings. The van der Waals surface area contributed by atoms with Crippen LogP contribution >= 0.6 is 0 Å². The second kappa shape index (κ2) is 6.15. The number of aromatic nitrogens is 4. The van der Waals surface area contributed by atoms with Crippen LogP contribution in [-0.4, -0.2) is 55.2 Å². The van der Waals surface area contributed by atoms with Crippen molar-refractivity contribution in [3.8, 4) is 11.4 Å². The topological polar surface area (TPSA) is 101 Å². The number of carbonyl (C=O) groups excluding carboxylic acids is 1. The lowest BCUT2D eigenvalue weighted by Gasteiger charge is -2.19. The fraction of sp³-hybridized carbons (Fsp3) is 0.400. The maximum atomic E-state index is 12.5. The number of hydrogen-bond acceptors (Lipinski definition) is 5. The summed E-state index contributed by atoms with van der Waals surface area (Å²) in [4.78, 5) is 26.3. The van der Waals surface area contributed by atoms with E-state index in [9.17, 15) is 9.59 Å². The molecule has 8 heteroatoms. The molecule has 2 heterocycles. The number of amides is 1. The Kier molecular flexibility index (Phi) is 4.05. The number of carboxylic acid groups (broad SMARTS) is 1. The van der Waals surface area contributed by atoms with E-state index in [1.165, 1.54) is 4.80 Å². The zero-order valence-electron chi connectivity index (χ0n) is 12.7. The Morgan fingerprint density at radius 3 is 2.70 bits per heavy atom. The van der Waals surface area contributed by atoms with Crippen LogP contribution in [0.4, 0.5) is 0 Å². The van der Waals surface area contributed by atoms with E-state index < -0.39 is 17.9 Å². The highest BCUT2D eigenvalue weighted by Crippen LogP contribution is 2.20. The van der Waals surface area contributed by atoms with Gasteiger partial charge in [0, 0.05) is 18.7 Å². The molecule has 1 aliphatic rings. The van der Waals surface area contributed by atoms with Crippen molar-refractivity contribution in [1.29, 1.82) is 0 Å². The van der Waals surface area contributed by atoms with Crippen LogP contribution in [0.25, 0.3) is 11.4 Å². The van der Waals surface area contributed by atoms with Crippen LogP contribution in [0.5, 0.6) is 0 Å². The van der Waals surface area contributed by atoms with Gasteiger partial charge in [0.25, 0.3) is 0 Å². The first kappa shape index (κ1) is 15.1. The number of likely N-dealkylation sites (tertiary alicyclic amines) is 1. The van der Waals surface area contributed by atoms with Crippen molar-refractivity contribution in [2.45, 2.75) is 19.4 Å². The Hall–Kier alpha value is -2.77. The van der Waals surface area contributed by atoms with Gasteiger partial charge in [-0.1, -0.05) is 30.3 Å². The maximum Gasteiger partial charge on any atom is 0.308 e. The zero-order valence-corrected chi connectivity index (χ0v) is 12.7. The second-order valence-electron chi connectivity index (χ2n) is 5.58. The van der Waals surface area contributed by atoms with Crippen LogP contribution in [0.15, 0.2) is 30.3 Å². The first-order valence-electron chi connectivity index (χ1n) is 7.43. The number of aliphatic carboxylic acids is 1. The van der Waals surface area contributed by atoms with E-state index in [4.69, 9.17) is 5.11 Å². The van der Waals surface area contributed by atoms with Gasteiger partial charge >= 0.3 is 5.97 Å². The number of hydrogen-bond donors (Lipinski definition) is 1. The minimum absolute atomic E-state index is 0.189. The molecule has 1 aromatic heterocycles. The molecule has 1 aromatic carbocycles. The molecule has 1 aliphatic heterocycles. The van der Waals surface area contributed by atoms with Crippen molar-refractivity contribution in [3.05, 3.63) is 30.3 Å². The van der Waals surface area contributed by atoms with Gasteiger partial charge in [0.2, 0.25) is 11.7 Å². The summed E-state index contributed by atoms with van der Waals surface area (Å²) < 4.78 is 0. The molecule has 0 spiro atoms. The van der Waals surface area contributed by atoms with E-state index in [1.54, 1.807) is 11.8 Å². The van der Waals surface area contributed by atoms with E-state index in [-0.39, 0.29) is 12.5 Å². The SMILES string of the molecule is C[C@H](C(=O)N1CC[C@@H](C(=O)O)C1)n1nnc(-c2ccccc2)n1. The highest BCUT2D eigenvalue weighted by atomic mass is 16.4. The molecular formula is C15H17N5O3. The third kappa shape index (κ3) is 3.05. The summed E-state index contributed by atoms with van der Waals surface area (Å²) in [6.45, 7) is 2.37. The van der Waals surface area contributed by atoms with Crippen molar-refractivity contribution in [2.75, 3.05) is 13.1 Å². The normalized spacial score (nSPS) is 18.8. The molecule has 0 aliphatic carbocycles. The van der Waals surface area contributed by atoms with E-state index in [1.807, 2.05) is 30.3 Å². The minimum atomic E-state index is -0.863. The van der Waals surface area contributed by atoms with Gasteiger partial charge < -0.3 is 10.0 Å². The summed E-state index contributed by atoms with van der Waals surface area (Å²) in [5.41, 5.74) is 0.825. The van der Waals surface area contributed by atoms with Crippen LogP contribution in [0.3, 0.4) is 0 Å². The van der Waals surface area contributed by atoms with Gasteiger partial charge in [-0.25, -0.2) is 0 Å². The van der Waals surface area contributed by atoms with Crippen LogP contribution in [0.1, 0.15) is 19.4 Å². The Bertz CT molecular complexity index is 715. The van der Waals surface area contributed by atoms with Crippen LogP contribution in [-0.2, 0) is 9.59 Å². The number of nitrogens with zero attached hydrogens (tertiary/aromatic N) is 5. The average molecular weight is 315 g/mol. The van der Waals surface area contributed by atoms with Crippen molar-refractivity contribution < 1.29 is 14.7 Å². The van der Waals surface area contributed by atoms with Gasteiger partial charge in [-0.05, 0) is 18.6 Å². The lowest BCUT2D eigenvalue weighted by molar-refractivity contribution is -0.141. The quantitative estimate of drug-likeness (QED) is 0.897. The molecule has 1 N–H and O–H groups in total. The predicted molar refractivity (Wildman–Crippen MR) is 80.3 cm³/mol. The van der Waals surface area contributed by atoms with Gasteiger partial charge in [0.05, 0.1) is 5.92 Å². The largest absolute Gasteiger partial charge is 0.481 e. The Morgan fingerprint density at radius 2 is 2.04 bits per heavy atom. The van der Waals surface area contributed by atoms with Gasteiger partial charge in [-0.2, -0.15) is 4.80 Å². The standard InChI is InChI=1S/C15H17N5O3/c1-10(14(21)19-8-7-12(9-19)15(22)23)20-17-13(16-18-20)11-5-3-2-4-6-11/h2-6,10,12H,7-9H2,1H3,(H,22,23)/t10-,12-/m1/s1. The Morgan fingerprint density at radius 1 is 1.30 bits per heavy atom. The van der Waals surface area contributed by atoms with Gasteiger partial charge in [0.1, 0.15) is 6.04 Å². The van der Waals surface area contributed by atoms with Crippen molar-refractivity contribution in [2.24, 2.45) is 5.92 Å². The van der Waals surface area contributed by atoms with E-state index in [2.05, 4.69) is 15.4 Å². The fourth-order valence-corrected chi connectivity index (χ4v) is 2.62. The highest BCUT2D eigenvalue weighted by Gasteiger charge is 2.33. The third-order valence-electron chi connectivity index (χ3n) is 4.01. The average Bonchev–Trinajstić information content (AvgIpc) is 3.24. The Balaban J connectivity index is 1.71. The predicted octanol–water partition coefficient (Wildman–Crippen LogP) is 0.834. The highest BCUT2D eigenvalue weighted by molar-refractivity contribution is 5.81. The molecule has 2 aromatic rings. The van der Waals surface area contributed by atoms with Crippen molar-refractivity contribution in [1.82, 2.24) is 25.1 Å². The molecule has 0 bridgehead atoms. The summed E-state index contributed by atoms with van der Waals surface area (Å²) in [5, 5.41) is 21.2. The lowest BCUT2D eigenvalue weighted by atomic mass is 10.1. The number of carbonyl (C=O) groups is 2. The summed E-state index contributed by atoms with van der Waals surface area (Å²) in [6, 6.07) is 8.76. The summed E-state index contributed by atoms with van der Waals surface area (Å²) in [5.74, 6) is -1.09. The third-order valence-corrected chi connectivity index (χ3v) is 4.01. The smallest absolute Gasteiger partial charge is 0.308 e. The van der Waals surface area contributed by atoms with Crippen LogP contribution < -0.4 is 0 Å². The first-order valence-corrected chi connectivity index (χ1v) is 7.43. The first-order chi connectivity index (χ1) is 11.1. The fourth-order valence-electron chi connectivity index (χ4n) is 2.62. The number of carboxylic acids is 1. The van der Waals surface area contributed by atoms with Crippen molar-refractivity contribution >= 4 is 11.9 Å². The second-order valence-corrected chi connectivity index (χ2v) is 5.58. The molecule has 2 atom stereocenters. The van der Waals surface area contributed by atoms with Crippen molar-refractivity contribution in [3.63, 3.8) is 0 Å². The van der Waals surface area contributed by atoms with Gasteiger partial charge in [-0.3, -0.25) is 9.59 Å². The monoisotopic (exact) mass is 315 g/mol. The molecule has 8 nitrogen and oxygen atoms in total. The van der Waals surface area contributed by atoms with E-state index >= 15 is 0 Å². The summed E-state index contributed by atoms with van der Waals surface area (Å²) in [6.07, 6.45) is 0.480. The van der Waals surface area contributed by atoms with E-state index in [0.717, 1.165) is 5.56 Å². The number of tetrazole rings is 1. The number of benzene rings is 1. The molecule has 0 saturated carbocycles. The minimum Gasteiger partial charge on any atom is -0.481 e. The summed E-state index contributed by atoms with van der Waals surface area (Å²) in [7, 11) is 0. The molecule has 0 radical (unpaired) electrons. The Labute approximate surface area is 132 Å². The molecule has 1 saturated heterocycles.